The van der Waals surface area contributed by atoms with Crippen LogP contribution < -0.4 is 0 Å². The molecule has 0 radical (unpaired) electrons. The number of esters is 1. The SMILES string of the molecule is CCCCCCCCCCCCCCCCCC(=O)OCCC(C)(O)CCO. The van der Waals surface area contributed by atoms with Crippen LogP contribution in [0.1, 0.15) is 129 Å². The largest absolute Gasteiger partial charge is 0.466 e. The molecule has 0 rings (SSSR count). The van der Waals surface area contributed by atoms with Gasteiger partial charge in [-0.05, 0) is 19.8 Å². The van der Waals surface area contributed by atoms with E-state index in [1.165, 1.54) is 83.5 Å². The summed E-state index contributed by atoms with van der Waals surface area (Å²) in [7, 11) is 0. The van der Waals surface area contributed by atoms with E-state index in [1.807, 2.05) is 0 Å². The molecule has 0 spiro atoms. The molecule has 1 unspecified atom stereocenters. The maximum atomic E-state index is 11.7. The molecule has 0 amide bonds. The van der Waals surface area contributed by atoms with Crippen molar-refractivity contribution in [3.63, 3.8) is 0 Å². The van der Waals surface area contributed by atoms with E-state index in [2.05, 4.69) is 6.92 Å². The van der Waals surface area contributed by atoms with Gasteiger partial charge in [-0.1, -0.05) is 96.8 Å². The van der Waals surface area contributed by atoms with Crippen LogP contribution in [0.4, 0.5) is 0 Å². The lowest BCUT2D eigenvalue weighted by atomic mass is 9.99. The van der Waals surface area contributed by atoms with E-state index in [0.717, 1.165) is 12.8 Å². The Morgan fingerprint density at radius 1 is 0.750 bits per heavy atom. The van der Waals surface area contributed by atoms with Gasteiger partial charge in [0.2, 0.25) is 0 Å². The molecule has 0 aliphatic rings. The fraction of sp³-hybridized carbons (Fsp3) is 0.958. The van der Waals surface area contributed by atoms with Crippen LogP contribution in [0, 0.1) is 0 Å². The first-order chi connectivity index (χ1) is 13.5. The van der Waals surface area contributed by atoms with E-state index in [-0.39, 0.29) is 19.2 Å². The molecule has 168 valence electrons. The summed E-state index contributed by atoms with van der Waals surface area (Å²) in [5.41, 5.74) is -0.955. The number of ether oxygens (including phenoxy) is 1. The smallest absolute Gasteiger partial charge is 0.305 e. The van der Waals surface area contributed by atoms with Crippen LogP contribution in [-0.2, 0) is 9.53 Å². The Hall–Kier alpha value is -0.610. The zero-order chi connectivity index (χ0) is 20.9. The van der Waals surface area contributed by atoms with E-state index >= 15 is 0 Å². The summed E-state index contributed by atoms with van der Waals surface area (Å²) in [6, 6.07) is 0. The van der Waals surface area contributed by atoms with Crippen LogP contribution in [-0.4, -0.2) is 35.0 Å². The maximum absolute atomic E-state index is 11.7. The summed E-state index contributed by atoms with van der Waals surface area (Å²) in [6.45, 7) is 4.10. The Kier molecular flexibility index (Phi) is 19.3. The summed E-state index contributed by atoms with van der Waals surface area (Å²) in [5.74, 6) is -0.172. The molecule has 4 nitrogen and oxygen atoms in total. The zero-order valence-corrected chi connectivity index (χ0v) is 18.9. The van der Waals surface area contributed by atoms with Crippen LogP contribution in [0.15, 0.2) is 0 Å². The van der Waals surface area contributed by atoms with E-state index < -0.39 is 5.60 Å². The highest BCUT2D eigenvalue weighted by molar-refractivity contribution is 5.69. The zero-order valence-electron chi connectivity index (χ0n) is 18.9. The van der Waals surface area contributed by atoms with E-state index in [4.69, 9.17) is 9.84 Å². The lowest BCUT2D eigenvalue weighted by Gasteiger charge is -2.21. The fourth-order valence-electron chi connectivity index (χ4n) is 3.46. The molecule has 0 heterocycles. The number of unbranched alkanes of at least 4 members (excludes halogenated alkanes) is 14. The average Bonchev–Trinajstić information content (AvgIpc) is 2.64. The van der Waals surface area contributed by atoms with Gasteiger partial charge in [-0.3, -0.25) is 4.79 Å². The van der Waals surface area contributed by atoms with Crippen LogP contribution in [0.3, 0.4) is 0 Å². The molecule has 0 fully saturated rings. The van der Waals surface area contributed by atoms with E-state index in [9.17, 15) is 9.90 Å². The molecule has 4 heteroatoms. The third-order valence-corrected chi connectivity index (χ3v) is 5.54. The second-order valence-corrected chi connectivity index (χ2v) is 8.64. The van der Waals surface area contributed by atoms with Gasteiger partial charge >= 0.3 is 5.97 Å². The van der Waals surface area contributed by atoms with Gasteiger partial charge in [0.05, 0.1) is 12.2 Å². The van der Waals surface area contributed by atoms with E-state index in [1.54, 1.807) is 6.92 Å². The van der Waals surface area contributed by atoms with Crippen LogP contribution >= 0.6 is 0 Å². The Morgan fingerprint density at radius 2 is 1.18 bits per heavy atom. The van der Waals surface area contributed by atoms with Crippen molar-refractivity contribution in [2.75, 3.05) is 13.2 Å². The lowest BCUT2D eigenvalue weighted by Crippen LogP contribution is -2.27. The predicted molar refractivity (Wildman–Crippen MR) is 117 cm³/mol. The molecule has 28 heavy (non-hydrogen) atoms. The molecule has 0 aliphatic heterocycles. The second kappa shape index (κ2) is 19.7. The number of hydrogen-bond donors (Lipinski definition) is 2. The molecule has 0 saturated heterocycles. The number of aliphatic hydroxyl groups is 2. The Bertz CT molecular complexity index is 341. The normalized spacial score (nSPS) is 13.4. The molecule has 0 aromatic carbocycles. The van der Waals surface area contributed by atoms with Gasteiger partial charge in [0.15, 0.2) is 0 Å². The Morgan fingerprint density at radius 3 is 1.61 bits per heavy atom. The van der Waals surface area contributed by atoms with Crippen molar-refractivity contribution in [1.29, 1.82) is 0 Å². The standard InChI is InChI=1S/C24H48O4/c1-3-4-5-6-7-8-9-10-11-12-13-14-15-16-17-18-23(26)28-22-20-24(2,27)19-21-25/h25,27H,3-22H2,1-2H3. The predicted octanol–water partition coefficient (Wildman–Crippen LogP) is 6.31. The van der Waals surface area contributed by atoms with Gasteiger partial charge in [0.1, 0.15) is 0 Å². The first kappa shape index (κ1) is 27.4. The van der Waals surface area contributed by atoms with Crippen molar-refractivity contribution in [3.05, 3.63) is 0 Å². The number of carbonyl (C=O) groups is 1. The van der Waals surface area contributed by atoms with Crippen molar-refractivity contribution in [3.8, 4) is 0 Å². The van der Waals surface area contributed by atoms with Gasteiger partial charge in [-0.25, -0.2) is 0 Å². The Labute approximate surface area is 174 Å². The quantitative estimate of drug-likeness (QED) is 0.175. The minimum absolute atomic E-state index is 0.0555. The van der Waals surface area contributed by atoms with Gasteiger partial charge in [-0.2, -0.15) is 0 Å². The number of aliphatic hydroxyl groups excluding tert-OH is 1. The van der Waals surface area contributed by atoms with Crippen molar-refractivity contribution < 1.29 is 19.7 Å². The van der Waals surface area contributed by atoms with Crippen molar-refractivity contribution in [2.24, 2.45) is 0 Å². The van der Waals surface area contributed by atoms with Crippen molar-refractivity contribution >= 4 is 5.97 Å². The second-order valence-electron chi connectivity index (χ2n) is 8.64. The molecular formula is C24H48O4. The molecule has 0 aromatic rings. The number of carbonyl (C=O) groups excluding carboxylic acids is 1. The summed E-state index contributed by atoms with van der Waals surface area (Å²) in [5, 5.41) is 18.7. The van der Waals surface area contributed by atoms with E-state index in [0.29, 0.717) is 19.3 Å². The summed E-state index contributed by atoms with van der Waals surface area (Å²) >= 11 is 0. The lowest BCUT2D eigenvalue weighted by molar-refractivity contribution is -0.145. The van der Waals surface area contributed by atoms with Crippen LogP contribution in [0.25, 0.3) is 0 Å². The van der Waals surface area contributed by atoms with Crippen molar-refractivity contribution in [1.82, 2.24) is 0 Å². The minimum atomic E-state index is -0.955. The maximum Gasteiger partial charge on any atom is 0.305 e. The third-order valence-electron chi connectivity index (χ3n) is 5.54. The molecule has 1 atom stereocenters. The highest BCUT2D eigenvalue weighted by Crippen LogP contribution is 2.15. The minimum Gasteiger partial charge on any atom is -0.466 e. The third kappa shape index (κ3) is 20.1. The number of rotatable bonds is 21. The highest BCUT2D eigenvalue weighted by atomic mass is 16.5. The summed E-state index contributed by atoms with van der Waals surface area (Å²) in [6.07, 6.45) is 20.9. The monoisotopic (exact) mass is 400 g/mol. The van der Waals surface area contributed by atoms with Gasteiger partial charge in [-0.15, -0.1) is 0 Å². The molecule has 0 aromatic heterocycles. The van der Waals surface area contributed by atoms with Gasteiger partial charge in [0, 0.05) is 19.4 Å². The van der Waals surface area contributed by atoms with Crippen molar-refractivity contribution in [2.45, 2.75) is 135 Å². The molecule has 2 N–H and O–H groups in total. The topological polar surface area (TPSA) is 66.8 Å². The fourth-order valence-corrected chi connectivity index (χ4v) is 3.46. The van der Waals surface area contributed by atoms with Crippen LogP contribution in [0.2, 0.25) is 0 Å². The molecule has 0 bridgehead atoms. The summed E-state index contributed by atoms with van der Waals surface area (Å²) in [4.78, 5) is 11.7. The first-order valence-electron chi connectivity index (χ1n) is 12.0. The highest BCUT2D eigenvalue weighted by Gasteiger charge is 2.19. The molecular weight excluding hydrogens is 352 g/mol. The molecule has 0 saturated carbocycles. The Balaban J connectivity index is 3.25. The average molecular weight is 401 g/mol. The van der Waals surface area contributed by atoms with Gasteiger partial charge in [0.25, 0.3) is 0 Å². The number of hydrogen-bond acceptors (Lipinski definition) is 4. The molecule has 0 aliphatic carbocycles. The van der Waals surface area contributed by atoms with Crippen LogP contribution in [0.5, 0.6) is 0 Å². The first-order valence-corrected chi connectivity index (χ1v) is 12.0. The summed E-state index contributed by atoms with van der Waals surface area (Å²) < 4.78 is 5.16. The van der Waals surface area contributed by atoms with Gasteiger partial charge < -0.3 is 14.9 Å².